The van der Waals surface area contributed by atoms with Crippen LogP contribution in [0.2, 0.25) is 5.02 Å². The van der Waals surface area contributed by atoms with Gasteiger partial charge in [-0.25, -0.2) is 4.39 Å². The average Bonchev–Trinajstić information content (AvgIpc) is 2.69. The van der Waals surface area contributed by atoms with Crippen molar-refractivity contribution in [3.8, 4) is 0 Å². The molecule has 136 valence electrons. The van der Waals surface area contributed by atoms with Crippen LogP contribution >= 0.6 is 11.6 Å². The third-order valence-corrected chi connectivity index (χ3v) is 4.30. The van der Waals surface area contributed by atoms with E-state index in [1.165, 1.54) is 36.4 Å². The Labute approximate surface area is 161 Å². The highest BCUT2D eigenvalue weighted by atomic mass is 35.5. The van der Waals surface area contributed by atoms with E-state index in [1.807, 2.05) is 18.2 Å². The van der Waals surface area contributed by atoms with Gasteiger partial charge in [0.2, 0.25) is 0 Å². The predicted octanol–water partition coefficient (Wildman–Crippen LogP) is 4.66. The van der Waals surface area contributed by atoms with Gasteiger partial charge in [-0.1, -0.05) is 41.9 Å². The minimum absolute atomic E-state index is 0.101. The minimum Gasteiger partial charge on any atom is -0.348 e. The highest BCUT2D eigenvalue weighted by molar-refractivity contribution is 6.31. The Hall–Kier alpha value is -3.18. The van der Waals surface area contributed by atoms with E-state index in [9.17, 15) is 14.0 Å². The minimum atomic E-state index is -0.513. The Balaban J connectivity index is 1.62. The number of carbonyl (C=O) groups excluding carboxylic acids is 2. The van der Waals surface area contributed by atoms with Crippen LogP contribution in [0.25, 0.3) is 0 Å². The van der Waals surface area contributed by atoms with Crippen molar-refractivity contribution in [3.05, 3.63) is 100 Å². The molecular formula is C21H16ClFN2O2. The second-order valence-electron chi connectivity index (χ2n) is 5.79. The second-order valence-corrected chi connectivity index (χ2v) is 6.19. The van der Waals surface area contributed by atoms with Crippen molar-refractivity contribution >= 4 is 29.1 Å². The molecule has 0 atom stereocenters. The Kier molecular flexibility index (Phi) is 5.84. The van der Waals surface area contributed by atoms with E-state index < -0.39 is 11.7 Å². The molecule has 27 heavy (non-hydrogen) atoms. The summed E-state index contributed by atoms with van der Waals surface area (Å²) in [6.45, 7) is 0.300. The molecular weight excluding hydrogens is 367 g/mol. The van der Waals surface area contributed by atoms with Crippen LogP contribution in [0.1, 0.15) is 26.3 Å². The predicted molar refractivity (Wildman–Crippen MR) is 103 cm³/mol. The normalized spacial score (nSPS) is 10.3. The number of halogens is 2. The first-order valence-corrected chi connectivity index (χ1v) is 8.60. The molecule has 0 saturated carbocycles. The van der Waals surface area contributed by atoms with Gasteiger partial charge in [-0.05, 0) is 48.0 Å². The van der Waals surface area contributed by atoms with Gasteiger partial charge in [-0.15, -0.1) is 0 Å². The molecule has 2 amide bonds. The van der Waals surface area contributed by atoms with Crippen molar-refractivity contribution < 1.29 is 14.0 Å². The van der Waals surface area contributed by atoms with Gasteiger partial charge in [0.15, 0.2) is 0 Å². The third kappa shape index (κ3) is 4.71. The zero-order valence-corrected chi connectivity index (χ0v) is 15.0. The largest absolute Gasteiger partial charge is 0.348 e. The van der Waals surface area contributed by atoms with Gasteiger partial charge >= 0.3 is 0 Å². The third-order valence-electron chi connectivity index (χ3n) is 3.93. The van der Waals surface area contributed by atoms with E-state index in [1.54, 1.807) is 18.2 Å². The van der Waals surface area contributed by atoms with Crippen LogP contribution < -0.4 is 10.6 Å². The number of hydrogen-bond donors (Lipinski definition) is 2. The fourth-order valence-electron chi connectivity index (χ4n) is 2.45. The highest BCUT2D eigenvalue weighted by Gasteiger charge is 2.11. The quantitative estimate of drug-likeness (QED) is 0.674. The van der Waals surface area contributed by atoms with Crippen molar-refractivity contribution in [2.75, 3.05) is 5.32 Å². The maximum Gasteiger partial charge on any atom is 0.255 e. The van der Waals surface area contributed by atoms with E-state index in [0.29, 0.717) is 22.7 Å². The van der Waals surface area contributed by atoms with Crippen LogP contribution in [0.15, 0.2) is 72.8 Å². The molecule has 0 fully saturated rings. The second kappa shape index (κ2) is 8.47. The number of carbonyl (C=O) groups is 2. The molecule has 0 heterocycles. The number of rotatable bonds is 5. The smallest absolute Gasteiger partial charge is 0.255 e. The van der Waals surface area contributed by atoms with Crippen molar-refractivity contribution in [2.45, 2.75) is 6.54 Å². The van der Waals surface area contributed by atoms with Gasteiger partial charge < -0.3 is 10.6 Å². The number of amides is 2. The van der Waals surface area contributed by atoms with E-state index >= 15 is 0 Å². The summed E-state index contributed by atoms with van der Waals surface area (Å²) in [4.78, 5) is 24.4. The lowest BCUT2D eigenvalue weighted by Gasteiger charge is -2.08. The molecule has 0 aliphatic rings. The molecule has 4 nitrogen and oxygen atoms in total. The molecule has 0 aliphatic heterocycles. The first-order chi connectivity index (χ1) is 13.0. The Morgan fingerprint density at radius 3 is 2.07 bits per heavy atom. The zero-order valence-electron chi connectivity index (χ0n) is 14.2. The molecule has 0 spiro atoms. The summed E-state index contributed by atoms with van der Waals surface area (Å²) in [5, 5.41) is 5.86. The lowest BCUT2D eigenvalue weighted by atomic mass is 10.1. The average molecular weight is 383 g/mol. The first-order valence-electron chi connectivity index (χ1n) is 8.22. The fourth-order valence-corrected chi connectivity index (χ4v) is 2.65. The SMILES string of the molecule is O=C(NCc1ccccc1Cl)c1ccc(C(=O)Nc2ccccc2F)cc1. The summed E-state index contributed by atoms with van der Waals surface area (Å²) < 4.78 is 13.6. The van der Waals surface area contributed by atoms with Crippen LogP contribution in [0.5, 0.6) is 0 Å². The lowest BCUT2D eigenvalue weighted by Crippen LogP contribution is -2.23. The maximum absolute atomic E-state index is 13.6. The monoisotopic (exact) mass is 382 g/mol. The van der Waals surface area contributed by atoms with E-state index in [2.05, 4.69) is 10.6 Å². The standard InChI is InChI=1S/C21H16ClFN2O2/c22-17-6-2-1-5-16(17)13-24-20(26)14-9-11-15(12-10-14)21(27)25-19-8-4-3-7-18(19)23/h1-12H,13H2,(H,24,26)(H,25,27). The summed E-state index contributed by atoms with van der Waals surface area (Å²) in [5.74, 6) is -1.25. The molecule has 0 unspecified atom stereocenters. The van der Waals surface area contributed by atoms with Gasteiger partial charge in [-0.3, -0.25) is 9.59 Å². The van der Waals surface area contributed by atoms with E-state index in [4.69, 9.17) is 11.6 Å². The molecule has 3 aromatic carbocycles. The molecule has 0 aliphatic carbocycles. The van der Waals surface area contributed by atoms with Crippen LogP contribution in [0.4, 0.5) is 10.1 Å². The fraction of sp³-hybridized carbons (Fsp3) is 0.0476. The van der Waals surface area contributed by atoms with Gasteiger partial charge in [-0.2, -0.15) is 0 Å². The molecule has 0 radical (unpaired) electrons. The van der Waals surface area contributed by atoms with Crippen LogP contribution in [-0.4, -0.2) is 11.8 Å². The van der Waals surface area contributed by atoms with Gasteiger partial charge in [0.1, 0.15) is 5.82 Å². The first kappa shape index (κ1) is 18.6. The molecule has 2 N–H and O–H groups in total. The molecule has 0 saturated heterocycles. The van der Waals surface area contributed by atoms with Crippen LogP contribution in [0, 0.1) is 5.82 Å². The molecule has 0 aromatic heterocycles. The molecule has 3 rings (SSSR count). The topological polar surface area (TPSA) is 58.2 Å². The highest BCUT2D eigenvalue weighted by Crippen LogP contribution is 2.16. The zero-order chi connectivity index (χ0) is 19.2. The summed E-state index contributed by atoms with van der Waals surface area (Å²) >= 11 is 6.06. The van der Waals surface area contributed by atoms with Crippen LogP contribution in [0.3, 0.4) is 0 Å². The number of nitrogens with one attached hydrogen (secondary N) is 2. The summed E-state index contributed by atoms with van der Waals surface area (Å²) in [7, 11) is 0. The van der Waals surface area contributed by atoms with E-state index in [0.717, 1.165) is 5.56 Å². The van der Waals surface area contributed by atoms with Crippen molar-refractivity contribution in [1.29, 1.82) is 0 Å². The number of anilines is 1. The number of hydrogen-bond acceptors (Lipinski definition) is 2. The lowest BCUT2D eigenvalue weighted by molar-refractivity contribution is 0.0949. The number of para-hydroxylation sites is 1. The summed E-state index contributed by atoms with van der Waals surface area (Å²) in [5.41, 5.74) is 1.64. The van der Waals surface area contributed by atoms with Gasteiger partial charge in [0.25, 0.3) is 11.8 Å². The van der Waals surface area contributed by atoms with Crippen molar-refractivity contribution in [2.24, 2.45) is 0 Å². The molecule has 3 aromatic rings. The summed E-state index contributed by atoms with van der Waals surface area (Å²) in [6, 6.07) is 19.3. The van der Waals surface area contributed by atoms with E-state index in [-0.39, 0.29) is 11.6 Å². The Morgan fingerprint density at radius 2 is 1.41 bits per heavy atom. The maximum atomic E-state index is 13.6. The Morgan fingerprint density at radius 1 is 0.815 bits per heavy atom. The van der Waals surface area contributed by atoms with Crippen LogP contribution in [-0.2, 0) is 6.54 Å². The van der Waals surface area contributed by atoms with Gasteiger partial charge in [0, 0.05) is 22.7 Å². The Bertz CT molecular complexity index is 974. The summed E-state index contributed by atoms with van der Waals surface area (Å²) in [6.07, 6.45) is 0. The molecule has 6 heteroatoms. The van der Waals surface area contributed by atoms with Gasteiger partial charge in [0.05, 0.1) is 5.69 Å². The molecule has 0 bridgehead atoms. The van der Waals surface area contributed by atoms with Crippen molar-refractivity contribution in [1.82, 2.24) is 5.32 Å². The number of benzene rings is 3. The van der Waals surface area contributed by atoms with Crippen molar-refractivity contribution in [3.63, 3.8) is 0 Å².